The van der Waals surface area contributed by atoms with Crippen molar-refractivity contribution in [2.24, 2.45) is 5.10 Å². The molecule has 0 saturated heterocycles. The van der Waals surface area contributed by atoms with Crippen LogP contribution in [0.15, 0.2) is 71.8 Å². The van der Waals surface area contributed by atoms with Gasteiger partial charge in [-0.15, -0.1) is 0 Å². The molecule has 0 spiro atoms. The van der Waals surface area contributed by atoms with Crippen LogP contribution in [0.3, 0.4) is 0 Å². The molecule has 0 radical (unpaired) electrons. The van der Waals surface area contributed by atoms with E-state index in [1.165, 1.54) is 4.68 Å². The SMILES string of the molecule is CCOc1cc(C=Nn2c([C@H](C)CC)nc3ccc(Br)cc3c2=O)cc(Cl)c1OCc1ccc(Br)cc1Br. The minimum absolute atomic E-state index is 0.0316. The van der Waals surface area contributed by atoms with Crippen LogP contribution in [-0.2, 0) is 6.61 Å². The summed E-state index contributed by atoms with van der Waals surface area (Å²) in [4.78, 5) is 18.2. The summed E-state index contributed by atoms with van der Waals surface area (Å²) in [6.07, 6.45) is 2.40. The highest BCUT2D eigenvalue weighted by molar-refractivity contribution is 9.11. The van der Waals surface area contributed by atoms with Gasteiger partial charge in [-0.25, -0.2) is 4.98 Å². The van der Waals surface area contributed by atoms with Crippen LogP contribution in [-0.4, -0.2) is 22.5 Å². The summed E-state index contributed by atoms with van der Waals surface area (Å²) in [5, 5.41) is 5.41. The van der Waals surface area contributed by atoms with Crippen LogP contribution in [0.5, 0.6) is 11.5 Å². The third-order valence-corrected chi connectivity index (χ3v) is 7.93. The van der Waals surface area contributed by atoms with Crippen LogP contribution in [0.1, 0.15) is 50.1 Å². The fourth-order valence-electron chi connectivity index (χ4n) is 3.76. The normalized spacial score (nSPS) is 12.3. The lowest BCUT2D eigenvalue weighted by atomic mass is 10.1. The summed E-state index contributed by atoms with van der Waals surface area (Å²) in [6, 6.07) is 14.9. The van der Waals surface area contributed by atoms with Crippen LogP contribution in [0.25, 0.3) is 10.9 Å². The number of benzene rings is 3. The molecule has 0 aliphatic carbocycles. The zero-order valence-electron chi connectivity index (χ0n) is 21.0. The van der Waals surface area contributed by atoms with E-state index < -0.39 is 0 Å². The molecule has 6 nitrogen and oxygen atoms in total. The number of halogens is 4. The number of rotatable bonds is 9. The highest BCUT2D eigenvalue weighted by Gasteiger charge is 2.17. The van der Waals surface area contributed by atoms with Crippen LogP contribution >= 0.6 is 59.4 Å². The van der Waals surface area contributed by atoms with E-state index in [1.807, 2.05) is 44.2 Å². The Hall–Kier alpha value is -2.20. The predicted octanol–water partition coefficient (Wildman–Crippen LogP) is 8.71. The number of ether oxygens (including phenoxy) is 2. The van der Waals surface area contributed by atoms with E-state index in [0.717, 1.165) is 25.4 Å². The van der Waals surface area contributed by atoms with Gasteiger partial charge in [0.2, 0.25) is 0 Å². The van der Waals surface area contributed by atoms with E-state index >= 15 is 0 Å². The summed E-state index contributed by atoms with van der Waals surface area (Å²) < 4.78 is 16.0. The van der Waals surface area contributed by atoms with Crippen LogP contribution < -0.4 is 15.0 Å². The van der Waals surface area contributed by atoms with Crippen molar-refractivity contribution in [2.45, 2.75) is 39.7 Å². The second-order valence-corrected chi connectivity index (χ2v) is 11.7. The van der Waals surface area contributed by atoms with Crippen LogP contribution in [0, 0.1) is 0 Å². The summed E-state index contributed by atoms with van der Waals surface area (Å²) in [5.74, 6) is 1.56. The van der Waals surface area contributed by atoms with Gasteiger partial charge in [-0.05, 0) is 61.4 Å². The molecule has 10 heteroatoms. The standard InChI is InChI=1S/C28H25Br3ClN3O3/c1-4-16(3)27-34-24-9-8-19(29)12-21(24)28(36)35(27)33-14-17-10-23(32)26(25(11-17)37-5-2)38-15-18-6-7-20(30)13-22(18)31/h6-14,16H,4-5,15H2,1-3H3/t16-/m1/s1. The Bertz CT molecular complexity index is 1570. The fourth-order valence-corrected chi connectivity index (χ4v) is 5.55. The van der Waals surface area contributed by atoms with Gasteiger partial charge in [-0.2, -0.15) is 9.78 Å². The van der Waals surface area contributed by atoms with Crippen LogP contribution in [0.4, 0.5) is 0 Å². The number of aromatic nitrogens is 2. The summed E-state index contributed by atoms with van der Waals surface area (Å²) in [6.45, 7) is 6.69. The molecule has 198 valence electrons. The molecular formula is C28H25Br3ClN3O3. The molecule has 0 saturated carbocycles. The Morgan fingerprint density at radius 2 is 1.79 bits per heavy atom. The summed E-state index contributed by atoms with van der Waals surface area (Å²) in [5.41, 5.74) is 2.02. The molecule has 1 atom stereocenters. The largest absolute Gasteiger partial charge is 0.490 e. The zero-order chi connectivity index (χ0) is 27.4. The lowest BCUT2D eigenvalue weighted by molar-refractivity contribution is 0.269. The lowest BCUT2D eigenvalue weighted by Crippen LogP contribution is -2.23. The minimum Gasteiger partial charge on any atom is -0.490 e. The average molecular weight is 727 g/mol. The number of hydrogen-bond donors (Lipinski definition) is 0. The Morgan fingerprint density at radius 1 is 1.05 bits per heavy atom. The van der Waals surface area contributed by atoms with E-state index in [-0.39, 0.29) is 11.5 Å². The molecule has 0 bridgehead atoms. The number of nitrogens with zero attached hydrogens (tertiary/aromatic N) is 3. The monoisotopic (exact) mass is 723 g/mol. The Balaban J connectivity index is 1.71. The topological polar surface area (TPSA) is 65.7 Å². The van der Waals surface area contributed by atoms with E-state index in [9.17, 15) is 4.79 Å². The molecule has 0 N–H and O–H groups in total. The molecule has 0 aliphatic rings. The average Bonchev–Trinajstić information content (AvgIpc) is 2.88. The maximum absolute atomic E-state index is 13.4. The van der Waals surface area contributed by atoms with E-state index in [4.69, 9.17) is 26.1 Å². The predicted molar refractivity (Wildman–Crippen MR) is 164 cm³/mol. The molecule has 4 rings (SSSR count). The van der Waals surface area contributed by atoms with Gasteiger partial charge in [0.1, 0.15) is 12.4 Å². The van der Waals surface area contributed by atoms with Crippen LogP contribution in [0.2, 0.25) is 5.02 Å². The Kier molecular flexibility index (Phi) is 9.68. The Labute approximate surface area is 251 Å². The van der Waals surface area contributed by atoms with Gasteiger partial charge >= 0.3 is 0 Å². The molecule has 0 fully saturated rings. The molecule has 4 aromatic rings. The Morgan fingerprint density at radius 3 is 2.50 bits per heavy atom. The molecular weight excluding hydrogens is 701 g/mol. The highest BCUT2D eigenvalue weighted by atomic mass is 79.9. The zero-order valence-corrected chi connectivity index (χ0v) is 26.5. The van der Waals surface area contributed by atoms with Crippen molar-refractivity contribution in [3.63, 3.8) is 0 Å². The van der Waals surface area contributed by atoms with Gasteiger partial charge in [-0.3, -0.25) is 4.79 Å². The first kappa shape index (κ1) is 28.8. The van der Waals surface area contributed by atoms with Gasteiger partial charge in [0.05, 0.1) is 28.7 Å². The van der Waals surface area contributed by atoms with Gasteiger partial charge in [0, 0.05) is 24.9 Å². The van der Waals surface area contributed by atoms with E-state index in [0.29, 0.717) is 52.0 Å². The molecule has 3 aromatic carbocycles. The first-order valence-electron chi connectivity index (χ1n) is 12.0. The van der Waals surface area contributed by atoms with Crippen molar-refractivity contribution < 1.29 is 9.47 Å². The minimum atomic E-state index is -0.237. The van der Waals surface area contributed by atoms with Crippen molar-refractivity contribution in [3.8, 4) is 11.5 Å². The number of hydrogen-bond acceptors (Lipinski definition) is 5. The van der Waals surface area contributed by atoms with Gasteiger partial charge in [0.25, 0.3) is 5.56 Å². The van der Waals surface area contributed by atoms with Gasteiger partial charge in [0.15, 0.2) is 11.5 Å². The smallest absolute Gasteiger partial charge is 0.282 e. The highest BCUT2D eigenvalue weighted by Crippen LogP contribution is 2.37. The second-order valence-electron chi connectivity index (χ2n) is 8.59. The van der Waals surface area contributed by atoms with Crippen molar-refractivity contribution in [1.29, 1.82) is 0 Å². The summed E-state index contributed by atoms with van der Waals surface area (Å²) >= 11 is 17.1. The molecule has 0 unspecified atom stereocenters. The van der Waals surface area contributed by atoms with E-state index in [2.05, 4.69) is 59.8 Å². The molecule has 0 amide bonds. The van der Waals surface area contributed by atoms with E-state index in [1.54, 1.807) is 24.4 Å². The van der Waals surface area contributed by atoms with Crippen molar-refractivity contribution in [2.75, 3.05) is 6.61 Å². The van der Waals surface area contributed by atoms with Gasteiger partial charge in [-0.1, -0.05) is 79.3 Å². The molecule has 38 heavy (non-hydrogen) atoms. The number of fused-ring (bicyclic) bond motifs is 1. The lowest BCUT2D eigenvalue weighted by Gasteiger charge is -2.16. The third kappa shape index (κ3) is 6.50. The maximum Gasteiger partial charge on any atom is 0.282 e. The quantitative estimate of drug-likeness (QED) is 0.162. The second kappa shape index (κ2) is 12.8. The first-order valence-corrected chi connectivity index (χ1v) is 14.8. The molecule has 1 aromatic heterocycles. The molecule has 0 aliphatic heterocycles. The van der Waals surface area contributed by atoms with Gasteiger partial charge < -0.3 is 9.47 Å². The van der Waals surface area contributed by atoms with Crippen molar-refractivity contribution in [1.82, 2.24) is 9.66 Å². The molecule has 1 heterocycles. The van der Waals surface area contributed by atoms with Crippen molar-refractivity contribution in [3.05, 3.63) is 94.3 Å². The van der Waals surface area contributed by atoms with Crippen molar-refractivity contribution >= 4 is 76.5 Å². The maximum atomic E-state index is 13.4. The first-order chi connectivity index (χ1) is 18.2. The summed E-state index contributed by atoms with van der Waals surface area (Å²) in [7, 11) is 0. The fraction of sp³-hybridized carbons (Fsp3) is 0.250. The third-order valence-electron chi connectivity index (χ3n) is 5.93.